The van der Waals surface area contributed by atoms with E-state index >= 15 is 0 Å². The average molecular weight is 276 g/mol. The first-order chi connectivity index (χ1) is 7.79. The Morgan fingerprint density at radius 2 is 2.18 bits per heavy atom. The van der Waals surface area contributed by atoms with Crippen LogP contribution in [0.15, 0.2) is 11.6 Å². The Morgan fingerprint density at radius 3 is 2.59 bits per heavy atom. The van der Waals surface area contributed by atoms with Crippen molar-refractivity contribution in [3.8, 4) is 0 Å². The predicted octanol–water partition coefficient (Wildman–Crippen LogP) is 1.49. The minimum atomic E-state index is -3.11. The highest BCUT2D eigenvalue weighted by atomic mass is 32.2. The number of rotatable bonds is 6. The molecular weight excluding hydrogens is 256 g/mol. The molecule has 0 aliphatic carbocycles. The number of thiazole rings is 1. The Labute approximate surface area is 107 Å². The summed E-state index contributed by atoms with van der Waals surface area (Å²) in [6.45, 7) is 6.26. The summed E-state index contributed by atoms with van der Waals surface area (Å²) >= 11 is 1.56. The zero-order valence-corrected chi connectivity index (χ0v) is 12.4. The SMILES string of the molecule is CCNC(Cc1nccs1)C(C)(C)S(C)(=O)=O. The highest BCUT2D eigenvalue weighted by Crippen LogP contribution is 2.23. The second-order valence-corrected chi connectivity index (χ2v) is 8.19. The molecule has 4 nitrogen and oxygen atoms in total. The van der Waals surface area contributed by atoms with Gasteiger partial charge in [0, 0.05) is 30.3 Å². The molecule has 0 spiro atoms. The first-order valence-corrected chi connectivity index (χ1v) is 8.37. The molecule has 1 atom stereocenters. The van der Waals surface area contributed by atoms with Gasteiger partial charge in [-0.15, -0.1) is 11.3 Å². The molecule has 0 aliphatic rings. The summed E-state index contributed by atoms with van der Waals surface area (Å²) in [4.78, 5) is 4.22. The van der Waals surface area contributed by atoms with E-state index in [0.29, 0.717) is 6.42 Å². The van der Waals surface area contributed by atoms with Gasteiger partial charge in [-0.3, -0.25) is 0 Å². The molecule has 1 aromatic rings. The Morgan fingerprint density at radius 1 is 1.53 bits per heavy atom. The summed E-state index contributed by atoms with van der Waals surface area (Å²) in [7, 11) is -3.11. The third-order valence-electron chi connectivity index (χ3n) is 3.11. The van der Waals surface area contributed by atoms with Gasteiger partial charge in [0.25, 0.3) is 0 Å². The van der Waals surface area contributed by atoms with Gasteiger partial charge in [-0.05, 0) is 20.4 Å². The molecule has 1 aromatic heterocycles. The highest BCUT2D eigenvalue weighted by Gasteiger charge is 2.38. The number of likely N-dealkylation sites (N-methyl/N-ethyl adjacent to an activating group) is 1. The maximum Gasteiger partial charge on any atom is 0.154 e. The molecule has 1 N–H and O–H groups in total. The van der Waals surface area contributed by atoms with Crippen LogP contribution < -0.4 is 5.32 Å². The first-order valence-electron chi connectivity index (χ1n) is 5.60. The van der Waals surface area contributed by atoms with Crippen LogP contribution in [0.25, 0.3) is 0 Å². The van der Waals surface area contributed by atoms with Crippen LogP contribution in [0.3, 0.4) is 0 Å². The largest absolute Gasteiger partial charge is 0.312 e. The Hall–Kier alpha value is -0.460. The lowest BCUT2D eigenvalue weighted by Gasteiger charge is -2.32. The second kappa shape index (κ2) is 5.46. The number of hydrogen-bond donors (Lipinski definition) is 1. The standard InChI is InChI=1S/C11H20N2O2S2/c1-5-12-9(8-10-13-6-7-16-10)11(2,3)17(4,14)15/h6-7,9,12H,5,8H2,1-4H3. The normalized spacial score (nSPS) is 14.8. The molecule has 17 heavy (non-hydrogen) atoms. The molecule has 6 heteroatoms. The minimum absolute atomic E-state index is 0.117. The molecule has 0 radical (unpaired) electrons. The van der Waals surface area contributed by atoms with Gasteiger partial charge in [0.05, 0.1) is 9.75 Å². The quantitative estimate of drug-likeness (QED) is 0.855. The molecule has 0 aliphatic heterocycles. The van der Waals surface area contributed by atoms with Crippen LogP contribution in [-0.4, -0.2) is 37.0 Å². The van der Waals surface area contributed by atoms with Gasteiger partial charge in [-0.1, -0.05) is 6.92 Å². The Bertz CT molecular complexity index is 438. The zero-order chi connectivity index (χ0) is 13.1. The van der Waals surface area contributed by atoms with Crippen molar-refractivity contribution in [2.24, 2.45) is 0 Å². The van der Waals surface area contributed by atoms with Crippen molar-refractivity contribution in [2.75, 3.05) is 12.8 Å². The molecule has 0 fully saturated rings. The minimum Gasteiger partial charge on any atom is -0.312 e. The van der Waals surface area contributed by atoms with E-state index in [9.17, 15) is 8.42 Å². The molecule has 0 bridgehead atoms. The number of aromatic nitrogens is 1. The molecule has 1 unspecified atom stereocenters. The van der Waals surface area contributed by atoms with Crippen LogP contribution in [-0.2, 0) is 16.3 Å². The first kappa shape index (κ1) is 14.6. The lowest BCUT2D eigenvalue weighted by molar-refractivity contribution is 0.413. The molecule has 0 amide bonds. The van der Waals surface area contributed by atoms with E-state index in [1.54, 1.807) is 31.4 Å². The highest BCUT2D eigenvalue weighted by molar-refractivity contribution is 7.92. The van der Waals surface area contributed by atoms with E-state index in [4.69, 9.17) is 0 Å². The molecule has 1 rings (SSSR count). The fourth-order valence-corrected chi connectivity index (χ4v) is 2.94. The summed E-state index contributed by atoms with van der Waals surface area (Å²) in [6, 6.07) is -0.117. The van der Waals surface area contributed by atoms with E-state index in [1.807, 2.05) is 12.3 Å². The van der Waals surface area contributed by atoms with Gasteiger partial charge >= 0.3 is 0 Å². The van der Waals surface area contributed by atoms with Crippen LogP contribution in [0.5, 0.6) is 0 Å². The lowest BCUT2D eigenvalue weighted by Crippen LogP contribution is -2.52. The van der Waals surface area contributed by atoms with E-state index < -0.39 is 14.6 Å². The molecule has 0 saturated carbocycles. The third kappa shape index (κ3) is 3.50. The van der Waals surface area contributed by atoms with E-state index in [-0.39, 0.29) is 6.04 Å². The van der Waals surface area contributed by atoms with Crippen molar-refractivity contribution in [1.82, 2.24) is 10.3 Å². The van der Waals surface area contributed by atoms with E-state index in [2.05, 4.69) is 10.3 Å². The van der Waals surface area contributed by atoms with Gasteiger partial charge in [-0.2, -0.15) is 0 Å². The maximum atomic E-state index is 11.8. The van der Waals surface area contributed by atoms with E-state index in [0.717, 1.165) is 11.6 Å². The van der Waals surface area contributed by atoms with Gasteiger partial charge < -0.3 is 5.32 Å². The molecule has 0 saturated heterocycles. The van der Waals surface area contributed by atoms with Crippen LogP contribution >= 0.6 is 11.3 Å². The number of sulfone groups is 1. The lowest BCUT2D eigenvalue weighted by atomic mass is 10.00. The number of hydrogen-bond acceptors (Lipinski definition) is 5. The van der Waals surface area contributed by atoms with Crippen molar-refractivity contribution in [1.29, 1.82) is 0 Å². The third-order valence-corrected chi connectivity index (χ3v) is 6.11. The van der Waals surface area contributed by atoms with Gasteiger partial charge in [0.1, 0.15) is 0 Å². The van der Waals surface area contributed by atoms with Crippen molar-refractivity contribution in [3.63, 3.8) is 0 Å². The van der Waals surface area contributed by atoms with Gasteiger partial charge in [-0.25, -0.2) is 13.4 Å². The summed E-state index contributed by atoms with van der Waals surface area (Å²) in [5.74, 6) is 0. The van der Waals surface area contributed by atoms with Crippen LogP contribution in [0.1, 0.15) is 25.8 Å². The number of nitrogens with one attached hydrogen (secondary N) is 1. The van der Waals surface area contributed by atoms with Crippen LogP contribution in [0.2, 0.25) is 0 Å². The Kier molecular flexibility index (Phi) is 4.69. The molecule has 0 aromatic carbocycles. The Balaban J connectivity index is 2.93. The summed E-state index contributed by atoms with van der Waals surface area (Å²) in [5, 5.41) is 6.13. The average Bonchev–Trinajstić information content (AvgIpc) is 2.68. The van der Waals surface area contributed by atoms with Crippen molar-refractivity contribution in [2.45, 2.75) is 38.0 Å². The summed E-state index contributed by atoms with van der Waals surface area (Å²) < 4.78 is 22.9. The van der Waals surface area contributed by atoms with Gasteiger partial charge in [0.15, 0.2) is 9.84 Å². The maximum absolute atomic E-state index is 11.8. The topological polar surface area (TPSA) is 59.1 Å². The monoisotopic (exact) mass is 276 g/mol. The fraction of sp³-hybridized carbons (Fsp3) is 0.727. The van der Waals surface area contributed by atoms with Crippen LogP contribution in [0, 0.1) is 0 Å². The second-order valence-electron chi connectivity index (χ2n) is 4.62. The van der Waals surface area contributed by atoms with E-state index in [1.165, 1.54) is 6.26 Å². The van der Waals surface area contributed by atoms with Crippen molar-refractivity contribution < 1.29 is 8.42 Å². The van der Waals surface area contributed by atoms with Crippen LogP contribution in [0.4, 0.5) is 0 Å². The smallest absolute Gasteiger partial charge is 0.154 e. The van der Waals surface area contributed by atoms with Crippen molar-refractivity contribution >= 4 is 21.2 Å². The number of nitrogens with zero attached hydrogens (tertiary/aromatic N) is 1. The molecular formula is C11H20N2O2S2. The molecule has 98 valence electrons. The van der Waals surface area contributed by atoms with Crippen molar-refractivity contribution in [3.05, 3.63) is 16.6 Å². The molecule has 1 heterocycles. The summed E-state index contributed by atoms with van der Waals surface area (Å²) in [5.41, 5.74) is 0. The fourth-order valence-electron chi connectivity index (χ4n) is 1.60. The van der Waals surface area contributed by atoms with Gasteiger partial charge in [0.2, 0.25) is 0 Å². The predicted molar refractivity (Wildman–Crippen MR) is 72.2 cm³/mol. The summed E-state index contributed by atoms with van der Waals surface area (Å²) in [6.07, 6.45) is 3.68. The zero-order valence-electron chi connectivity index (χ0n) is 10.7.